The Kier molecular flexibility index (Phi) is 7.96. The van der Waals surface area contributed by atoms with Crippen LogP contribution in [0, 0.1) is 11.8 Å². The average molecular weight is 270 g/mol. The van der Waals surface area contributed by atoms with Gasteiger partial charge in [-0.3, -0.25) is 4.90 Å². The molecule has 19 heavy (non-hydrogen) atoms. The smallest absolute Gasteiger partial charge is 0.0829 e. The first kappa shape index (κ1) is 16.9. The van der Waals surface area contributed by atoms with Gasteiger partial charge in [0.2, 0.25) is 0 Å². The van der Waals surface area contributed by atoms with E-state index in [0.717, 1.165) is 44.6 Å². The zero-order chi connectivity index (χ0) is 14.3. The van der Waals surface area contributed by atoms with Crippen LogP contribution in [0.2, 0.25) is 0 Å². The lowest BCUT2D eigenvalue weighted by Gasteiger charge is -2.35. The average Bonchev–Trinajstić information content (AvgIpc) is 2.27. The maximum atomic E-state index is 5.90. The summed E-state index contributed by atoms with van der Waals surface area (Å²) in [6.45, 7) is 15.8. The predicted molar refractivity (Wildman–Crippen MR) is 82.6 cm³/mol. The van der Waals surface area contributed by atoms with Gasteiger partial charge in [-0.2, -0.15) is 0 Å². The summed E-state index contributed by atoms with van der Waals surface area (Å²) in [4.78, 5) is 4.99. The maximum absolute atomic E-state index is 5.90. The number of nitrogens with zero attached hydrogens (tertiary/aromatic N) is 2. The van der Waals surface area contributed by atoms with Crippen molar-refractivity contribution in [3.05, 3.63) is 0 Å². The molecule has 0 aromatic carbocycles. The molecule has 1 aliphatic heterocycles. The molecule has 1 fully saturated rings. The molecule has 0 aromatic rings. The fraction of sp³-hybridized carbons (Fsp3) is 1.00. The van der Waals surface area contributed by atoms with Gasteiger partial charge >= 0.3 is 0 Å². The van der Waals surface area contributed by atoms with E-state index in [1.165, 1.54) is 19.4 Å². The van der Waals surface area contributed by atoms with Crippen LogP contribution >= 0.6 is 0 Å². The third kappa shape index (κ3) is 7.91. The van der Waals surface area contributed by atoms with Gasteiger partial charge in [0, 0.05) is 26.2 Å². The van der Waals surface area contributed by atoms with Crippen LogP contribution in [0.3, 0.4) is 0 Å². The molecule has 0 saturated carbocycles. The second-order valence-corrected chi connectivity index (χ2v) is 6.94. The summed E-state index contributed by atoms with van der Waals surface area (Å²) in [5, 5.41) is 0. The van der Waals surface area contributed by atoms with Gasteiger partial charge in [-0.05, 0) is 38.3 Å². The standard InChI is InChI=1S/C16H34N2O/c1-14(2)7-6-8-18-9-10-19-16(13-18)12-17(5)11-15(3)4/h14-16H,6-13H2,1-5H3/t16-/m1/s1. The van der Waals surface area contributed by atoms with Crippen molar-refractivity contribution in [2.24, 2.45) is 11.8 Å². The zero-order valence-corrected chi connectivity index (χ0v) is 13.7. The van der Waals surface area contributed by atoms with Crippen molar-refractivity contribution < 1.29 is 4.74 Å². The van der Waals surface area contributed by atoms with E-state index in [4.69, 9.17) is 4.74 Å². The molecule has 1 atom stereocenters. The van der Waals surface area contributed by atoms with Crippen LogP contribution in [-0.2, 0) is 4.74 Å². The number of morpholine rings is 1. The van der Waals surface area contributed by atoms with Crippen molar-refractivity contribution in [2.75, 3.05) is 46.4 Å². The van der Waals surface area contributed by atoms with Gasteiger partial charge in [0.1, 0.15) is 0 Å². The van der Waals surface area contributed by atoms with Crippen molar-refractivity contribution >= 4 is 0 Å². The molecule has 0 aliphatic carbocycles. The first-order valence-corrected chi connectivity index (χ1v) is 8.00. The Balaban J connectivity index is 2.21. The molecule has 3 heteroatoms. The molecule has 0 unspecified atom stereocenters. The summed E-state index contributed by atoms with van der Waals surface area (Å²) in [6.07, 6.45) is 3.07. The highest BCUT2D eigenvalue weighted by Crippen LogP contribution is 2.10. The first-order valence-electron chi connectivity index (χ1n) is 8.00. The molecule has 3 nitrogen and oxygen atoms in total. The molecule has 1 rings (SSSR count). The Morgan fingerprint density at radius 1 is 1.21 bits per heavy atom. The van der Waals surface area contributed by atoms with E-state index in [1.807, 2.05) is 0 Å². The molecule has 1 aliphatic rings. The van der Waals surface area contributed by atoms with Crippen molar-refractivity contribution in [1.29, 1.82) is 0 Å². The highest BCUT2D eigenvalue weighted by atomic mass is 16.5. The van der Waals surface area contributed by atoms with Crippen LogP contribution in [0.15, 0.2) is 0 Å². The van der Waals surface area contributed by atoms with E-state index in [1.54, 1.807) is 0 Å². The van der Waals surface area contributed by atoms with Crippen LogP contribution in [0.5, 0.6) is 0 Å². The number of hydrogen-bond donors (Lipinski definition) is 0. The molecule has 0 aromatic heterocycles. The summed E-state index contributed by atoms with van der Waals surface area (Å²) in [6, 6.07) is 0. The largest absolute Gasteiger partial charge is 0.374 e. The Labute approximate surface area is 120 Å². The Morgan fingerprint density at radius 2 is 1.95 bits per heavy atom. The van der Waals surface area contributed by atoms with E-state index < -0.39 is 0 Å². The number of likely N-dealkylation sites (N-methyl/N-ethyl adjacent to an activating group) is 1. The quantitative estimate of drug-likeness (QED) is 0.674. The molecule has 0 N–H and O–H groups in total. The molecule has 1 heterocycles. The number of ether oxygens (including phenoxy) is 1. The second-order valence-electron chi connectivity index (χ2n) is 6.94. The summed E-state index contributed by atoms with van der Waals surface area (Å²) in [7, 11) is 2.21. The highest BCUT2D eigenvalue weighted by Gasteiger charge is 2.21. The van der Waals surface area contributed by atoms with Crippen molar-refractivity contribution in [3.8, 4) is 0 Å². The predicted octanol–water partition coefficient (Wildman–Crippen LogP) is 2.71. The van der Waals surface area contributed by atoms with Gasteiger partial charge in [0.15, 0.2) is 0 Å². The van der Waals surface area contributed by atoms with Gasteiger partial charge in [-0.15, -0.1) is 0 Å². The van der Waals surface area contributed by atoms with Crippen molar-refractivity contribution in [3.63, 3.8) is 0 Å². The molecular formula is C16H34N2O. The second kappa shape index (κ2) is 8.93. The minimum absolute atomic E-state index is 0.400. The summed E-state index contributed by atoms with van der Waals surface area (Å²) < 4.78 is 5.90. The van der Waals surface area contributed by atoms with E-state index >= 15 is 0 Å². The van der Waals surface area contributed by atoms with E-state index in [9.17, 15) is 0 Å². The van der Waals surface area contributed by atoms with Crippen molar-refractivity contribution in [1.82, 2.24) is 9.80 Å². The molecular weight excluding hydrogens is 236 g/mol. The third-order valence-electron chi connectivity index (χ3n) is 3.67. The third-order valence-corrected chi connectivity index (χ3v) is 3.67. The summed E-state index contributed by atoms with van der Waals surface area (Å²) in [5.74, 6) is 1.56. The topological polar surface area (TPSA) is 15.7 Å². The van der Waals surface area contributed by atoms with Gasteiger partial charge in [0.05, 0.1) is 12.7 Å². The van der Waals surface area contributed by atoms with Crippen LogP contribution < -0.4 is 0 Å². The zero-order valence-electron chi connectivity index (χ0n) is 13.7. The maximum Gasteiger partial charge on any atom is 0.0829 e. The van der Waals surface area contributed by atoms with E-state index in [-0.39, 0.29) is 0 Å². The summed E-state index contributed by atoms with van der Waals surface area (Å²) >= 11 is 0. The van der Waals surface area contributed by atoms with Crippen LogP contribution in [0.4, 0.5) is 0 Å². The lowest BCUT2D eigenvalue weighted by Crippen LogP contribution is -2.47. The molecule has 1 saturated heterocycles. The SMILES string of the molecule is CC(C)CCCN1CCO[C@H](CN(C)CC(C)C)C1. The minimum Gasteiger partial charge on any atom is -0.374 e. The Morgan fingerprint density at radius 3 is 2.58 bits per heavy atom. The van der Waals surface area contributed by atoms with E-state index in [0.29, 0.717) is 6.10 Å². The van der Waals surface area contributed by atoms with Gasteiger partial charge in [-0.25, -0.2) is 0 Å². The lowest BCUT2D eigenvalue weighted by atomic mass is 10.1. The number of hydrogen-bond acceptors (Lipinski definition) is 3. The number of rotatable bonds is 8. The monoisotopic (exact) mass is 270 g/mol. The lowest BCUT2D eigenvalue weighted by molar-refractivity contribution is -0.0418. The Hall–Kier alpha value is -0.120. The molecule has 0 spiro atoms. The van der Waals surface area contributed by atoms with Crippen LogP contribution in [0.1, 0.15) is 40.5 Å². The molecule has 0 radical (unpaired) electrons. The highest BCUT2D eigenvalue weighted by molar-refractivity contribution is 4.74. The van der Waals surface area contributed by atoms with Gasteiger partial charge < -0.3 is 9.64 Å². The van der Waals surface area contributed by atoms with E-state index in [2.05, 4.69) is 44.5 Å². The van der Waals surface area contributed by atoms with Crippen LogP contribution in [0.25, 0.3) is 0 Å². The van der Waals surface area contributed by atoms with Crippen molar-refractivity contribution in [2.45, 2.75) is 46.6 Å². The van der Waals surface area contributed by atoms with Gasteiger partial charge in [0.25, 0.3) is 0 Å². The molecule has 0 amide bonds. The van der Waals surface area contributed by atoms with Crippen LogP contribution in [-0.4, -0.2) is 62.3 Å². The minimum atomic E-state index is 0.400. The molecule has 114 valence electrons. The summed E-state index contributed by atoms with van der Waals surface area (Å²) in [5.41, 5.74) is 0. The normalized spacial score (nSPS) is 21.8. The first-order chi connectivity index (χ1) is 8.97. The Bertz CT molecular complexity index is 231. The van der Waals surface area contributed by atoms with Gasteiger partial charge in [-0.1, -0.05) is 27.7 Å². The fourth-order valence-corrected chi connectivity index (χ4v) is 2.86. The fourth-order valence-electron chi connectivity index (χ4n) is 2.86. The molecule has 0 bridgehead atoms.